The summed E-state index contributed by atoms with van der Waals surface area (Å²) in [6.07, 6.45) is 6.49. The van der Waals surface area contributed by atoms with Gasteiger partial charge < -0.3 is 23.7 Å². The molecule has 0 amide bonds. The summed E-state index contributed by atoms with van der Waals surface area (Å²) >= 11 is 0. The first-order valence-corrected chi connectivity index (χ1v) is 18.1. The lowest BCUT2D eigenvalue weighted by atomic mass is 9.33. The van der Waals surface area contributed by atoms with Gasteiger partial charge in [0, 0.05) is 38.5 Å². The van der Waals surface area contributed by atoms with Crippen LogP contribution in [0, 0.1) is 50.2 Å². The van der Waals surface area contributed by atoms with Crippen molar-refractivity contribution in [3.63, 3.8) is 0 Å². The molecule has 10 nitrogen and oxygen atoms in total. The highest BCUT2D eigenvalue weighted by Crippen LogP contribution is 2.76. The number of hydrogen-bond acceptors (Lipinski definition) is 10. The fourth-order valence-corrected chi connectivity index (χ4v) is 12.3. The minimum atomic E-state index is -1.24. The van der Waals surface area contributed by atoms with Crippen LogP contribution in [0.25, 0.3) is 0 Å². The number of rotatable bonds is 6. The maximum Gasteiger partial charge on any atom is 0.315 e. The first-order valence-electron chi connectivity index (χ1n) is 18.1. The zero-order chi connectivity index (χ0) is 36.5. The van der Waals surface area contributed by atoms with E-state index in [2.05, 4.69) is 40.7 Å². The molecule has 0 saturated heterocycles. The lowest BCUT2D eigenvalue weighted by Crippen LogP contribution is -2.69. The average Bonchev–Trinajstić information content (AvgIpc) is 3.00. The topological polar surface area (TPSA) is 132 Å². The van der Waals surface area contributed by atoms with Crippen LogP contribution < -0.4 is 0 Å². The predicted octanol–water partition coefficient (Wildman–Crippen LogP) is 6.52. The Hall–Kier alpha value is -2.91. The van der Waals surface area contributed by atoms with Crippen LogP contribution in [0.2, 0.25) is 0 Å². The molecular weight excluding hydrogens is 628 g/mol. The molecule has 0 bridgehead atoms. The minimum Gasteiger partial charge on any atom is -0.468 e. The molecule has 274 valence electrons. The molecule has 0 aromatic heterocycles. The molecule has 49 heavy (non-hydrogen) atoms. The Kier molecular flexibility index (Phi) is 9.45. The molecule has 4 fully saturated rings. The van der Waals surface area contributed by atoms with E-state index in [0.29, 0.717) is 18.8 Å². The van der Waals surface area contributed by atoms with Crippen LogP contribution in [-0.4, -0.2) is 61.9 Å². The molecular formula is C39H58O10. The zero-order valence-electron chi connectivity index (χ0n) is 31.5. The summed E-state index contributed by atoms with van der Waals surface area (Å²) in [4.78, 5) is 63.0. The lowest BCUT2D eigenvalue weighted by Gasteiger charge is -2.72. The van der Waals surface area contributed by atoms with E-state index in [1.54, 1.807) is 6.92 Å². The summed E-state index contributed by atoms with van der Waals surface area (Å²) in [6.45, 7) is 19.0. The van der Waals surface area contributed by atoms with Gasteiger partial charge in [-0.05, 0) is 92.3 Å². The molecule has 4 saturated carbocycles. The van der Waals surface area contributed by atoms with E-state index in [1.807, 2.05) is 0 Å². The molecule has 0 heterocycles. The summed E-state index contributed by atoms with van der Waals surface area (Å²) in [5.41, 5.74) is -1.50. The van der Waals surface area contributed by atoms with Gasteiger partial charge in [-0.1, -0.05) is 46.3 Å². The van der Waals surface area contributed by atoms with E-state index < -0.39 is 46.4 Å². The van der Waals surface area contributed by atoms with E-state index in [0.717, 1.165) is 38.5 Å². The molecule has 0 unspecified atom stereocenters. The van der Waals surface area contributed by atoms with Gasteiger partial charge in [-0.2, -0.15) is 0 Å². The fraction of sp³-hybridized carbons (Fsp3) is 0.821. The Morgan fingerprint density at radius 2 is 1.33 bits per heavy atom. The highest BCUT2D eigenvalue weighted by atomic mass is 16.6. The number of esters is 5. The van der Waals surface area contributed by atoms with Gasteiger partial charge in [0.2, 0.25) is 0 Å². The summed E-state index contributed by atoms with van der Waals surface area (Å²) in [5.74, 6) is -1.82. The predicted molar refractivity (Wildman–Crippen MR) is 179 cm³/mol. The third-order valence-corrected chi connectivity index (χ3v) is 14.9. The van der Waals surface area contributed by atoms with Crippen molar-refractivity contribution >= 4 is 29.8 Å². The quantitative estimate of drug-likeness (QED) is 0.173. The first kappa shape index (κ1) is 37.3. The van der Waals surface area contributed by atoms with Gasteiger partial charge in [-0.25, -0.2) is 0 Å². The van der Waals surface area contributed by atoms with Crippen molar-refractivity contribution in [2.45, 2.75) is 139 Å². The van der Waals surface area contributed by atoms with Crippen molar-refractivity contribution in [1.82, 2.24) is 0 Å². The molecule has 0 N–H and O–H groups in total. The summed E-state index contributed by atoms with van der Waals surface area (Å²) in [7, 11) is 1.34. The fourth-order valence-electron chi connectivity index (χ4n) is 12.3. The summed E-state index contributed by atoms with van der Waals surface area (Å²) < 4.78 is 28.9. The third kappa shape index (κ3) is 5.53. The molecule has 0 radical (unpaired) electrons. The minimum absolute atomic E-state index is 0.106. The standard InChI is InChI=1S/C39H58O10/c1-22(40)46-21-37(8)28-14-17-39(10)29(35(28,6)16-15-30(37)47-23(2)41)13-12-26-27-20-36(7,33(44)45-11)32(49-25(4)43)31(48-24(3)42)34(27,5)18-19-38(26,39)9/h12,27-32H,13-21H2,1-11H3/t27-,28+,29+,30-,31+,32-,34+,35-,36-,37+,38+,39+/m0/s1. The van der Waals surface area contributed by atoms with Crippen LogP contribution in [0.3, 0.4) is 0 Å². The molecule has 0 aromatic carbocycles. The SMILES string of the molecule is COC(=O)[C@@]1(C)C[C@H]2C3=CC[C@@H]4[C@@]5(C)CC[C@H](OC(C)=O)[C@](C)(COC(C)=O)[C@@H]5CC[C@@]4(C)[C@]3(C)CC[C@@]2(C)[C@H](OC(C)=O)[C@@H]1OC(C)=O. The van der Waals surface area contributed by atoms with E-state index in [1.165, 1.54) is 40.4 Å². The van der Waals surface area contributed by atoms with Crippen molar-refractivity contribution in [1.29, 1.82) is 0 Å². The molecule has 0 aliphatic heterocycles. The molecule has 12 atom stereocenters. The average molecular weight is 687 g/mol. The second kappa shape index (κ2) is 12.4. The Morgan fingerprint density at radius 1 is 0.714 bits per heavy atom. The van der Waals surface area contributed by atoms with Gasteiger partial charge in [-0.3, -0.25) is 24.0 Å². The number of allylic oxidation sites excluding steroid dienone is 2. The van der Waals surface area contributed by atoms with E-state index in [-0.39, 0.29) is 52.7 Å². The number of ether oxygens (including phenoxy) is 5. The van der Waals surface area contributed by atoms with Crippen LogP contribution in [0.5, 0.6) is 0 Å². The van der Waals surface area contributed by atoms with Crippen LogP contribution in [0.1, 0.15) is 121 Å². The van der Waals surface area contributed by atoms with Gasteiger partial charge in [0.05, 0.1) is 7.11 Å². The van der Waals surface area contributed by atoms with Crippen molar-refractivity contribution in [2.24, 2.45) is 50.2 Å². The monoisotopic (exact) mass is 686 g/mol. The first-order chi connectivity index (χ1) is 22.6. The smallest absolute Gasteiger partial charge is 0.315 e. The van der Waals surface area contributed by atoms with Gasteiger partial charge in [0.1, 0.15) is 24.2 Å². The maximum atomic E-state index is 13.6. The second-order valence-electron chi connectivity index (χ2n) is 17.4. The van der Waals surface area contributed by atoms with Crippen LogP contribution in [0.4, 0.5) is 0 Å². The zero-order valence-corrected chi connectivity index (χ0v) is 31.5. The number of hydrogen-bond donors (Lipinski definition) is 0. The second-order valence-corrected chi connectivity index (χ2v) is 17.4. The number of carbonyl (C=O) groups excluding carboxylic acids is 5. The van der Waals surface area contributed by atoms with E-state index in [9.17, 15) is 24.0 Å². The van der Waals surface area contributed by atoms with Crippen LogP contribution in [0.15, 0.2) is 11.6 Å². The Labute approximate surface area is 291 Å². The van der Waals surface area contributed by atoms with Gasteiger partial charge in [0.25, 0.3) is 0 Å². The van der Waals surface area contributed by atoms with Crippen LogP contribution >= 0.6 is 0 Å². The van der Waals surface area contributed by atoms with Crippen LogP contribution in [-0.2, 0) is 47.7 Å². The lowest BCUT2D eigenvalue weighted by molar-refractivity contribution is -0.241. The number of fused-ring (bicyclic) bond motifs is 7. The largest absolute Gasteiger partial charge is 0.468 e. The van der Waals surface area contributed by atoms with E-state index >= 15 is 0 Å². The van der Waals surface area contributed by atoms with E-state index in [4.69, 9.17) is 23.7 Å². The van der Waals surface area contributed by atoms with Gasteiger partial charge in [0.15, 0.2) is 6.10 Å². The molecule has 10 heteroatoms. The summed E-state index contributed by atoms with van der Waals surface area (Å²) in [5, 5.41) is 0. The summed E-state index contributed by atoms with van der Waals surface area (Å²) in [6, 6.07) is 0. The van der Waals surface area contributed by atoms with Crippen molar-refractivity contribution in [2.75, 3.05) is 13.7 Å². The van der Waals surface area contributed by atoms with Crippen molar-refractivity contribution in [3.05, 3.63) is 11.6 Å². The van der Waals surface area contributed by atoms with Gasteiger partial charge >= 0.3 is 29.8 Å². The Bertz CT molecular complexity index is 1440. The third-order valence-electron chi connectivity index (χ3n) is 14.9. The molecule has 0 aromatic rings. The highest BCUT2D eigenvalue weighted by molar-refractivity contribution is 5.79. The Balaban J connectivity index is 1.60. The number of carbonyl (C=O) groups is 5. The molecule has 5 rings (SSSR count). The molecule has 5 aliphatic rings. The number of methoxy groups -OCH3 is 1. The maximum absolute atomic E-state index is 13.6. The van der Waals surface area contributed by atoms with Gasteiger partial charge in [-0.15, -0.1) is 0 Å². The normalized spacial score (nSPS) is 45.5. The molecule has 0 spiro atoms. The van der Waals surface area contributed by atoms with Crippen molar-refractivity contribution in [3.8, 4) is 0 Å². The molecule has 5 aliphatic carbocycles. The highest BCUT2D eigenvalue weighted by Gasteiger charge is 2.72. The Morgan fingerprint density at radius 3 is 1.90 bits per heavy atom. The van der Waals surface area contributed by atoms with Crippen molar-refractivity contribution < 1.29 is 47.7 Å².